The van der Waals surface area contributed by atoms with Gasteiger partial charge in [0.15, 0.2) is 0 Å². The zero-order valence-corrected chi connectivity index (χ0v) is 34.9. The van der Waals surface area contributed by atoms with E-state index in [1.807, 2.05) is 0 Å². The fraction of sp³-hybridized carbons (Fsp3) is 0.947. The van der Waals surface area contributed by atoms with Crippen molar-refractivity contribution in [3.8, 4) is 0 Å². The normalized spacial score (nSPS) is 18.3. The van der Waals surface area contributed by atoms with Gasteiger partial charge in [0.25, 0.3) is 0 Å². The van der Waals surface area contributed by atoms with Crippen LogP contribution in [0.3, 0.4) is 0 Å². The van der Waals surface area contributed by atoms with Crippen molar-refractivity contribution in [1.29, 1.82) is 0 Å². The minimum Gasteiger partial charge on any atom is -0.352 e. The molecule has 0 aliphatic heterocycles. The van der Waals surface area contributed by atoms with Gasteiger partial charge in [0.1, 0.15) is 0 Å². The van der Waals surface area contributed by atoms with Crippen LogP contribution < -0.4 is 0 Å². The lowest BCUT2D eigenvalue weighted by molar-refractivity contribution is 0.205. The molecule has 2 rings (SSSR count). The zero-order chi connectivity index (χ0) is 33.5. The number of thiol groups is 4. The molecule has 2 fully saturated rings. The molecule has 270 valence electrons. The van der Waals surface area contributed by atoms with Gasteiger partial charge in [0, 0.05) is 19.0 Å². The van der Waals surface area contributed by atoms with Crippen molar-refractivity contribution >= 4 is 84.9 Å². The second kappa shape index (κ2) is 26.0. The van der Waals surface area contributed by atoms with E-state index >= 15 is 0 Å². The third-order valence-corrected chi connectivity index (χ3v) is 13.6. The van der Waals surface area contributed by atoms with Crippen molar-refractivity contribution in [2.75, 3.05) is 24.6 Å². The minimum absolute atomic E-state index is 0.0268. The second-order valence-electron chi connectivity index (χ2n) is 14.5. The molecular formula is C38H72N2S6. The molecule has 0 heterocycles. The van der Waals surface area contributed by atoms with Crippen LogP contribution in [0.25, 0.3) is 0 Å². The average molecular weight is 749 g/mol. The van der Waals surface area contributed by atoms with Crippen molar-refractivity contribution in [2.24, 2.45) is 5.92 Å². The van der Waals surface area contributed by atoms with Gasteiger partial charge >= 0.3 is 0 Å². The summed E-state index contributed by atoms with van der Waals surface area (Å²) in [5.74, 6) is 2.36. The summed E-state index contributed by atoms with van der Waals surface area (Å²) in [5, 5.41) is 0. The molecule has 0 saturated heterocycles. The van der Waals surface area contributed by atoms with Crippen LogP contribution in [0.2, 0.25) is 0 Å². The van der Waals surface area contributed by atoms with Crippen molar-refractivity contribution in [2.45, 2.75) is 196 Å². The first-order chi connectivity index (χ1) is 22.3. The Morgan fingerprint density at radius 3 is 1.46 bits per heavy atom. The van der Waals surface area contributed by atoms with Crippen LogP contribution in [0.15, 0.2) is 0 Å². The number of unbranched alkanes of at least 4 members (excludes halogenated alkanes) is 11. The van der Waals surface area contributed by atoms with E-state index in [-0.39, 0.29) is 9.74 Å². The van der Waals surface area contributed by atoms with Gasteiger partial charge in [-0.15, -0.1) is 0 Å². The lowest BCUT2D eigenvalue weighted by atomic mass is 9.89. The average Bonchev–Trinajstić information content (AvgIpc) is 3.05. The monoisotopic (exact) mass is 748 g/mol. The standard InChI is InChI=1S/C38H72N2S6/c1-2-3-4-5-9-14-23-34(36(44)40(31-22-33-42)38(46)28-19-13-20-29-38)24-15-10-7-6-8-11-16-25-35(43)39(30-21-32-41)37(45)26-17-12-18-27-37/h34,41-42,45-46H,2-33H2,1H3. The number of hydrogen-bond acceptors (Lipinski definition) is 6. The van der Waals surface area contributed by atoms with Gasteiger partial charge in [0.2, 0.25) is 0 Å². The van der Waals surface area contributed by atoms with Crippen LogP contribution in [0, 0.1) is 5.92 Å². The van der Waals surface area contributed by atoms with Gasteiger partial charge in [-0.2, -0.15) is 50.5 Å². The summed E-state index contributed by atoms with van der Waals surface area (Å²) < 4.78 is 0. The fourth-order valence-corrected chi connectivity index (χ4v) is 10.2. The number of rotatable bonds is 26. The molecule has 0 aromatic rings. The molecule has 1 unspecified atom stereocenters. The first-order valence-corrected chi connectivity index (χ1v) is 22.6. The largest absolute Gasteiger partial charge is 0.352 e. The molecule has 0 spiro atoms. The molecule has 2 nitrogen and oxygen atoms in total. The van der Waals surface area contributed by atoms with Crippen molar-refractivity contribution in [1.82, 2.24) is 9.80 Å². The Labute approximate surface area is 319 Å². The van der Waals surface area contributed by atoms with E-state index in [9.17, 15) is 0 Å². The maximum absolute atomic E-state index is 6.37. The zero-order valence-electron chi connectivity index (χ0n) is 29.7. The summed E-state index contributed by atoms with van der Waals surface area (Å²) in [4.78, 5) is 7.36. The topological polar surface area (TPSA) is 6.48 Å². The maximum atomic E-state index is 6.37. The van der Waals surface area contributed by atoms with Gasteiger partial charge in [-0.1, -0.05) is 147 Å². The van der Waals surface area contributed by atoms with E-state index in [1.54, 1.807) is 0 Å². The molecule has 0 bridgehead atoms. The molecule has 0 N–H and O–H groups in total. The molecule has 0 amide bonds. The van der Waals surface area contributed by atoms with E-state index in [2.05, 4.69) is 42.0 Å². The second-order valence-corrected chi connectivity index (χ2v) is 18.0. The van der Waals surface area contributed by atoms with Crippen LogP contribution in [-0.4, -0.2) is 54.1 Å². The van der Waals surface area contributed by atoms with E-state index in [4.69, 9.17) is 49.7 Å². The highest BCUT2D eigenvalue weighted by Crippen LogP contribution is 2.40. The summed E-state index contributed by atoms with van der Waals surface area (Å²) in [7, 11) is 0. The summed E-state index contributed by atoms with van der Waals surface area (Å²) in [5.41, 5.74) is 0. The van der Waals surface area contributed by atoms with Gasteiger partial charge in [-0.25, -0.2) is 0 Å². The highest BCUT2D eigenvalue weighted by atomic mass is 32.1. The third-order valence-electron chi connectivity index (χ3n) is 10.7. The molecule has 2 saturated carbocycles. The van der Waals surface area contributed by atoms with Crippen LogP contribution in [0.1, 0.15) is 187 Å². The van der Waals surface area contributed by atoms with E-state index in [0.717, 1.165) is 61.7 Å². The lowest BCUT2D eigenvalue weighted by Gasteiger charge is -2.46. The Morgan fingerprint density at radius 1 is 0.565 bits per heavy atom. The SMILES string of the molecule is CCCCCCCCC(CCCCCCCCCC(=S)N(CCCS)C1(S)CCCCC1)C(=S)N(CCCS)C1(S)CCCCC1. The Morgan fingerprint density at radius 2 is 0.978 bits per heavy atom. The molecule has 2 aliphatic rings. The van der Waals surface area contributed by atoms with Crippen molar-refractivity contribution in [3.63, 3.8) is 0 Å². The number of nitrogens with zero attached hydrogens (tertiary/aromatic N) is 2. The smallest absolute Gasteiger partial charge is 0.0836 e. The molecule has 2 aliphatic carbocycles. The Hall–Kier alpha value is 1.18. The maximum Gasteiger partial charge on any atom is 0.0836 e. The highest BCUT2D eigenvalue weighted by Gasteiger charge is 2.38. The predicted molar refractivity (Wildman–Crippen MR) is 228 cm³/mol. The number of hydrogen-bond donors (Lipinski definition) is 4. The molecule has 0 radical (unpaired) electrons. The van der Waals surface area contributed by atoms with Crippen LogP contribution in [0.5, 0.6) is 0 Å². The molecular weight excluding hydrogens is 677 g/mol. The number of thiocarbonyl (C=S) groups is 2. The minimum atomic E-state index is -0.0482. The van der Waals surface area contributed by atoms with Gasteiger partial charge < -0.3 is 9.80 Å². The van der Waals surface area contributed by atoms with Gasteiger partial charge in [-0.3, -0.25) is 0 Å². The predicted octanol–water partition coefficient (Wildman–Crippen LogP) is 12.9. The summed E-state index contributed by atoms with van der Waals surface area (Å²) in [6.45, 7) is 4.33. The Balaban J connectivity index is 1.78. The van der Waals surface area contributed by atoms with Crippen LogP contribution >= 0.6 is 75.0 Å². The van der Waals surface area contributed by atoms with Crippen molar-refractivity contribution < 1.29 is 0 Å². The first-order valence-electron chi connectivity index (χ1n) is 19.6. The summed E-state index contributed by atoms with van der Waals surface area (Å²) in [6.07, 6.45) is 35.4. The summed E-state index contributed by atoms with van der Waals surface area (Å²) >= 11 is 31.9. The van der Waals surface area contributed by atoms with Crippen LogP contribution in [-0.2, 0) is 0 Å². The van der Waals surface area contributed by atoms with Gasteiger partial charge in [-0.05, 0) is 75.7 Å². The summed E-state index contributed by atoms with van der Waals surface area (Å²) in [6, 6.07) is 0. The van der Waals surface area contributed by atoms with Crippen LogP contribution in [0.4, 0.5) is 0 Å². The molecule has 0 aromatic carbocycles. The lowest BCUT2D eigenvalue weighted by Crippen LogP contribution is -2.51. The molecule has 46 heavy (non-hydrogen) atoms. The quantitative estimate of drug-likeness (QED) is 0.0303. The van der Waals surface area contributed by atoms with E-state index in [1.165, 1.54) is 153 Å². The Kier molecular flexibility index (Phi) is 24.5. The Bertz CT molecular complexity index is 796. The van der Waals surface area contributed by atoms with E-state index in [0.29, 0.717) is 5.92 Å². The molecule has 1 atom stereocenters. The third kappa shape index (κ3) is 16.5. The van der Waals surface area contributed by atoms with Crippen molar-refractivity contribution in [3.05, 3.63) is 0 Å². The fourth-order valence-electron chi connectivity index (χ4n) is 7.79. The highest BCUT2D eigenvalue weighted by molar-refractivity contribution is 7.82. The molecule has 0 aromatic heterocycles. The van der Waals surface area contributed by atoms with Gasteiger partial charge in [0.05, 0.1) is 19.7 Å². The first kappa shape index (κ1) is 43.3. The molecule has 8 heteroatoms. The van der Waals surface area contributed by atoms with E-state index < -0.39 is 0 Å².